The number of benzene rings is 1. The van der Waals surface area contributed by atoms with Gasteiger partial charge in [-0.25, -0.2) is 0 Å². The van der Waals surface area contributed by atoms with Crippen molar-refractivity contribution < 1.29 is 62.5 Å². The fourth-order valence-electron chi connectivity index (χ4n) is 4.01. The Morgan fingerprint density at radius 2 is 0.882 bits per heavy atom. The highest BCUT2D eigenvalue weighted by molar-refractivity contribution is 5.79. The Kier molecular flexibility index (Phi) is 24.6. The van der Waals surface area contributed by atoms with Crippen LogP contribution in [0.25, 0.3) is 11.4 Å². The molecule has 1 amide bonds. The zero-order chi connectivity index (χ0) is 36.8. The first-order valence-electron chi connectivity index (χ1n) is 16.8. The van der Waals surface area contributed by atoms with E-state index in [1.165, 1.54) is 0 Å². The number of carbonyl (C=O) groups excluding carboxylic acids is 1. The average molecular weight is 726 g/mol. The third kappa shape index (κ3) is 23.4. The molecule has 0 atom stereocenters. The van der Waals surface area contributed by atoms with Crippen LogP contribution in [0.1, 0.15) is 24.2 Å². The van der Waals surface area contributed by atoms with E-state index >= 15 is 0 Å². The second kappa shape index (κ2) is 28.9. The molecule has 2 rings (SSSR count). The van der Waals surface area contributed by atoms with Gasteiger partial charge in [0.1, 0.15) is 0 Å². The van der Waals surface area contributed by atoms with E-state index in [-0.39, 0.29) is 38.4 Å². The molecule has 0 spiro atoms. The molecule has 0 saturated heterocycles. The van der Waals surface area contributed by atoms with Crippen molar-refractivity contribution in [3.05, 3.63) is 35.7 Å². The molecule has 1 aromatic carbocycles. The normalized spacial score (nSPS) is 11.2. The summed E-state index contributed by atoms with van der Waals surface area (Å²) < 4.78 is 43.5. The molecular weight excluding hydrogens is 674 g/mol. The summed E-state index contributed by atoms with van der Waals surface area (Å²) in [7, 11) is 0. The number of carboxylic acid groups (broad SMARTS) is 2. The second-order valence-electron chi connectivity index (χ2n) is 10.7. The first-order valence-corrected chi connectivity index (χ1v) is 16.8. The number of aromatic nitrogens is 4. The Balaban J connectivity index is 1.65. The van der Waals surface area contributed by atoms with Crippen molar-refractivity contribution in [1.29, 1.82) is 0 Å². The fourth-order valence-corrected chi connectivity index (χ4v) is 4.01. The first-order chi connectivity index (χ1) is 24.8. The SMILES string of the molecule is Cc1nnc(-c2ccc(CC(=O)N(CCOCCOCCOCCOCCC(=O)O)CCOCCOCCOCCOCCC(=O)O)cc2)nn1. The lowest BCUT2D eigenvalue weighted by Crippen LogP contribution is -2.38. The summed E-state index contributed by atoms with van der Waals surface area (Å²) in [4.78, 5) is 35.9. The molecule has 1 heterocycles. The Morgan fingerprint density at radius 3 is 1.25 bits per heavy atom. The minimum atomic E-state index is -0.901. The van der Waals surface area contributed by atoms with E-state index in [0.717, 1.165) is 11.1 Å². The predicted molar refractivity (Wildman–Crippen MR) is 179 cm³/mol. The van der Waals surface area contributed by atoms with Crippen LogP contribution >= 0.6 is 0 Å². The van der Waals surface area contributed by atoms with Gasteiger partial charge in [-0.15, -0.1) is 20.4 Å². The predicted octanol–water partition coefficient (Wildman–Crippen LogP) is 0.695. The van der Waals surface area contributed by atoms with Gasteiger partial charge in [0.2, 0.25) is 11.7 Å². The monoisotopic (exact) mass is 725 g/mol. The Hall–Kier alpha value is -3.75. The summed E-state index contributed by atoms with van der Waals surface area (Å²) in [6.07, 6.45) is 0.114. The number of aliphatic carboxylic acids is 2. The van der Waals surface area contributed by atoms with Gasteiger partial charge in [0.05, 0.1) is 125 Å². The maximum atomic E-state index is 13.3. The molecule has 0 saturated carbocycles. The summed E-state index contributed by atoms with van der Waals surface area (Å²) in [5, 5.41) is 33.1. The van der Waals surface area contributed by atoms with Gasteiger partial charge in [-0.2, -0.15) is 0 Å². The molecule has 18 heteroatoms. The Labute approximate surface area is 297 Å². The number of amides is 1. The molecule has 0 aliphatic heterocycles. The van der Waals surface area contributed by atoms with Crippen LogP contribution in [-0.2, 0) is 58.7 Å². The minimum absolute atomic E-state index is 0.0369. The fraction of sp³-hybridized carbons (Fsp3) is 0.667. The lowest BCUT2D eigenvalue weighted by Gasteiger charge is -2.23. The quantitative estimate of drug-likeness (QED) is 0.0967. The lowest BCUT2D eigenvalue weighted by atomic mass is 10.1. The topological polar surface area (TPSA) is 220 Å². The molecule has 0 aliphatic rings. The van der Waals surface area contributed by atoms with Crippen LogP contribution in [0.4, 0.5) is 0 Å². The van der Waals surface area contributed by atoms with Crippen LogP contribution in [-0.4, -0.2) is 172 Å². The van der Waals surface area contributed by atoms with Crippen LogP contribution in [0, 0.1) is 6.92 Å². The van der Waals surface area contributed by atoms with E-state index in [2.05, 4.69) is 20.4 Å². The van der Waals surface area contributed by atoms with Crippen molar-refractivity contribution in [1.82, 2.24) is 25.3 Å². The number of hydrogen-bond acceptors (Lipinski definition) is 15. The van der Waals surface area contributed by atoms with Crippen LogP contribution in [0.3, 0.4) is 0 Å². The third-order valence-electron chi connectivity index (χ3n) is 6.66. The summed E-state index contributed by atoms with van der Waals surface area (Å²) >= 11 is 0. The van der Waals surface area contributed by atoms with E-state index in [4.69, 9.17) is 48.1 Å². The highest BCUT2D eigenvalue weighted by Gasteiger charge is 2.15. The summed E-state index contributed by atoms with van der Waals surface area (Å²) in [5.74, 6) is -0.995. The number of rotatable bonds is 33. The first kappa shape index (κ1) is 43.4. The number of ether oxygens (including phenoxy) is 8. The van der Waals surface area contributed by atoms with E-state index < -0.39 is 11.9 Å². The molecule has 0 bridgehead atoms. The largest absolute Gasteiger partial charge is 0.481 e. The van der Waals surface area contributed by atoms with Gasteiger partial charge < -0.3 is 53.0 Å². The van der Waals surface area contributed by atoms with Gasteiger partial charge in [0.15, 0.2) is 5.82 Å². The summed E-state index contributed by atoms with van der Waals surface area (Å²) in [6.45, 7) is 7.67. The number of carbonyl (C=O) groups is 3. The van der Waals surface area contributed by atoms with Crippen molar-refractivity contribution in [2.45, 2.75) is 26.2 Å². The van der Waals surface area contributed by atoms with Gasteiger partial charge >= 0.3 is 11.9 Å². The van der Waals surface area contributed by atoms with Crippen molar-refractivity contribution in [3.8, 4) is 11.4 Å². The van der Waals surface area contributed by atoms with Crippen molar-refractivity contribution >= 4 is 17.8 Å². The van der Waals surface area contributed by atoms with Gasteiger partial charge in [-0.3, -0.25) is 14.4 Å². The molecule has 18 nitrogen and oxygen atoms in total. The van der Waals surface area contributed by atoms with Crippen LogP contribution in [0.2, 0.25) is 0 Å². The highest BCUT2D eigenvalue weighted by atomic mass is 16.6. The van der Waals surface area contributed by atoms with Crippen LogP contribution < -0.4 is 0 Å². The molecule has 51 heavy (non-hydrogen) atoms. The number of aryl methyl sites for hydroxylation is 1. The Morgan fingerprint density at radius 1 is 0.529 bits per heavy atom. The summed E-state index contributed by atoms with van der Waals surface area (Å²) in [5.41, 5.74) is 1.57. The highest BCUT2D eigenvalue weighted by Crippen LogP contribution is 2.15. The smallest absolute Gasteiger partial charge is 0.305 e. The zero-order valence-electron chi connectivity index (χ0n) is 29.3. The molecular formula is C33H51N5O13. The third-order valence-corrected chi connectivity index (χ3v) is 6.66. The summed E-state index contributed by atoms with van der Waals surface area (Å²) in [6, 6.07) is 7.36. The maximum absolute atomic E-state index is 13.3. The Bertz CT molecular complexity index is 1170. The van der Waals surface area contributed by atoms with Crippen LogP contribution in [0.15, 0.2) is 24.3 Å². The maximum Gasteiger partial charge on any atom is 0.305 e. The van der Waals surface area contributed by atoms with Gasteiger partial charge in [-0.1, -0.05) is 24.3 Å². The van der Waals surface area contributed by atoms with E-state index in [9.17, 15) is 14.4 Å². The number of carboxylic acids is 2. The standard InChI is InChI=1S/C33H51N5O13/c1-27-34-36-33(37-35-27)29-4-2-28(3-5-29)26-30(39)38(8-12-46-16-20-50-24-22-48-18-14-44-10-6-31(40)41)9-13-47-17-21-51-25-23-49-19-15-45-11-7-32(42)43/h2-5H,6-26H2,1H3,(H,40,41)(H,42,43). The molecule has 0 fully saturated rings. The van der Waals surface area contributed by atoms with Crippen molar-refractivity contribution in [2.24, 2.45) is 0 Å². The molecule has 0 aliphatic carbocycles. The van der Waals surface area contributed by atoms with Crippen molar-refractivity contribution in [2.75, 3.05) is 119 Å². The molecule has 286 valence electrons. The molecule has 0 unspecified atom stereocenters. The van der Waals surface area contributed by atoms with Gasteiger partial charge in [0.25, 0.3) is 0 Å². The van der Waals surface area contributed by atoms with E-state index in [0.29, 0.717) is 117 Å². The second-order valence-corrected chi connectivity index (χ2v) is 10.7. The average Bonchev–Trinajstić information content (AvgIpc) is 3.11. The molecule has 1 aromatic heterocycles. The van der Waals surface area contributed by atoms with Gasteiger partial charge in [0, 0.05) is 18.7 Å². The minimum Gasteiger partial charge on any atom is -0.481 e. The molecule has 0 radical (unpaired) electrons. The zero-order valence-corrected chi connectivity index (χ0v) is 29.3. The van der Waals surface area contributed by atoms with Gasteiger partial charge in [-0.05, 0) is 12.5 Å². The lowest BCUT2D eigenvalue weighted by molar-refractivity contribution is -0.139. The number of hydrogen-bond donors (Lipinski definition) is 2. The van der Waals surface area contributed by atoms with E-state index in [1.807, 2.05) is 24.3 Å². The molecule has 2 N–H and O–H groups in total. The molecule has 2 aromatic rings. The van der Waals surface area contributed by atoms with Crippen molar-refractivity contribution in [3.63, 3.8) is 0 Å². The van der Waals surface area contributed by atoms with E-state index in [1.54, 1.807) is 11.8 Å². The number of nitrogens with zero attached hydrogens (tertiary/aromatic N) is 5. The van der Waals surface area contributed by atoms with Crippen LogP contribution in [0.5, 0.6) is 0 Å².